The summed E-state index contributed by atoms with van der Waals surface area (Å²) >= 11 is 12.7. The molecule has 0 spiro atoms. The number of H-pyrrole nitrogens is 1. The summed E-state index contributed by atoms with van der Waals surface area (Å²) in [5.41, 5.74) is 2.63. The van der Waals surface area contributed by atoms with Crippen molar-refractivity contribution in [3.8, 4) is 0 Å². The zero-order valence-corrected chi connectivity index (χ0v) is 15.6. The van der Waals surface area contributed by atoms with Gasteiger partial charge in [0.1, 0.15) is 0 Å². The van der Waals surface area contributed by atoms with E-state index in [0.717, 1.165) is 27.6 Å². The number of hydrogen-bond acceptors (Lipinski definition) is 5. The highest BCUT2D eigenvalue weighted by atomic mass is 35.5. The lowest BCUT2D eigenvalue weighted by Gasteiger charge is -2.23. The van der Waals surface area contributed by atoms with Gasteiger partial charge < -0.3 is 23.9 Å². The molecule has 0 aliphatic carbocycles. The maximum atomic E-state index is 11.3. The standard InChI is InChI=1S/C17H19Cl2NO5/c1-8(21)25-17-14-9(6-7-24-17)12-11(20-14)5-4-10(15(18)22-2)13(12)16(19)23-3/h4-5,15-17,20H,6-7H2,1-3H3. The second-order valence-corrected chi connectivity index (χ2v) is 6.47. The molecule has 0 bridgehead atoms. The third-order valence-electron chi connectivity index (χ3n) is 4.19. The van der Waals surface area contributed by atoms with Crippen LogP contribution in [0.3, 0.4) is 0 Å². The minimum atomic E-state index is -0.768. The molecule has 2 heterocycles. The second kappa shape index (κ2) is 7.51. The molecule has 3 atom stereocenters. The van der Waals surface area contributed by atoms with E-state index in [1.165, 1.54) is 21.1 Å². The normalized spacial score (nSPS) is 19.5. The Morgan fingerprint density at radius 3 is 2.64 bits per heavy atom. The molecule has 1 aliphatic heterocycles. The van der Waals surface area contributed by atoms with Crippen molar-refractivity contribution in [2.24, 2.45) is 0 Å². The molecule has 8 heteroatoms. The number of fused-ring (bicyclic) bond motifs is 3. The molecule has 1 aromatic carbocycles. The Labute approximate surface area is 155 Å². The SMILES string of the molecule is COC(Cl)c1ccc2[nH]c3c(c2c1C(Cl)OC)CCOC3OC(C)=O. The molecule has 0 saturated heterocycles. The van der Waals surface area contributed by atoms with Crippen LogP contribution in [0.1, 0.15) is 46.7 Å². The molecule has 6 nitrogen and oxygen atoms in total. The Morgan fingerprint density at radius 2 is 2.00 bits per heavy atom. The Balaban J connectivity index is 2.24. The molecule has 136 valence electrons. The highest BCUT2D eigenvalue weighted by molar-refractivity contribution is 6.23. The summed E-state index contributed by atoms with van der Waals surface area (Å²) in [5.74, 6) is -0.412. The average Bonchev–Trinajstić information content (AvgIpc) is 2.99. The number of rotatable bonds is 5. The Kier molecular flexibility index (Phi) is 5.55. The molecule has 1 aromatic heterocycles. The van der Waals surface area contributed by atoms with Crippen molar-refractivity contribution in [2.75, 3.05) is 20.8 Å². The van der Waals surface area contributed by atoms with Crippen molar-refractivity contribution in [1.29, 1.82) is 0 Å². The topological polar surface area (TPSA) is 69.8 Å². The number of carbonyl (C=O) groups excluding carboxylic acids is 1. The summed E-state index contributed by atoms with van der Waals surface area (Å²) in [6.07, 6.45) is -0.118. The molecule has 3 rings (SSSR count). The van der Waals surface area contributed by atoms with Gasteiger partial charge in [-0.1, -0.05) is 29.3 Å². The Hall–Kier alpha value is -1.31. The molecule has 0 fully saturated rings. The third-order valence-corrected chi connectivity index (χ3v) is 5.00. The number of methoxy groups -OCH3 is 2. The van der Waals surface area contributed by atoms with Gasteiger partial charge in [-0.15, -0.1) is 0 Å². The number of benzene rings is 1. The number of nitrogens with one attached hydrogen (secondary N) is 1. The number of hydrogen-bond donors (Lipinski definition) is 1. The third kappa shape index (κ3) is 3.37. The fourth-order valence-corrected chi connectivity index (χ4v) is 3.59. The van der Waals surface area contributed by atoms with Gasteiger partial charge in [0.2, 0.25) is 6.29 Å². The summed E-state index contributed by atoms with van der Waals surface area (Å²) < 4.78 is 21.5. The van der Waals surface area contributed by atoms with Crippen molar-refractivity contribution < 1.29 is 23.7 Å². The fourth-order valence-electron chi connectivity index (χ4n) is 3.16. The average molecular weight is 388 g/mol. The maximum Gasteiger partial charge on any atom is 0.305 e. The van der Waals surface area contributed by atoms with E-state index >= 15 is 0 Å². The maximum absolute atomic E-state index is 11.3. The zero-order chi connectivity index (χ0) is 18.1. The smallest absolute Gasteiger partial charge is 0.305 e. The van der Waals surface area contributed by atoms with Gasteiger partial charge in [0.15, 0.2) is 11.1 Å². The quantitative estimate of drug-likeness (QED) is 0.618. The van der Waals surface area contributed by atoms with Gasteiger partial charge in [-0.2, -0.15) is 0 Å². The van der Waals surface area contributed by atoms with Gasteiger partial charge in [0.05, 0.1) is 12.3 Å². The first-order chi connectivity index (χ1) is 12.0. The Bertz CT molecular complexity index is 791. The van der Waals surface area contributed by atoms with Crippen LogP contribution in [0.2, 0.25) is 0 Å². The monoisotopic (exact) mass is 387 g/mol. The van der Waals surface area contributed by atoms with E-state index in [1.54, 1.807) is 0 Å². The first kappa shape index (κ1) is 18.5. The van der Waals surface area contributed by atoms with Crippen LogP contribution in [0.25, 0.3) is 10.9 Å². The number of esters is 1. The second-order valence-electron chi connectivity index (χ2n) is 5.67. The number of halogens is 2. The number of ether oxygens (including phenoxy) is 4. The lowest BCUT2D eigenvalue weighted by Crippen LogP contribution is -2.20. The molecule has 0 amide bonds. The summed E-state index contributed by atoms with van der Waals surface area (Å²) in [6, 6.07) is 3.74. The molecular weight excluding hydrogens is 369 g/mol. The molecule has 0 saturated carbocycles. The first-order valence-corrected chi connectivity index (χ1v) is 8.65. The molecular formula is C17H19Cl2NO5. The van der Waals surface area contributed by atoms with E-state index in [2.05, 4.69) is 4.98 Å². The van der Waals surface area contributed by atoms with Crippen LogP contribution >= 0.6 is 23.2 Å². The van der Waals surface area contributed by atoms with Crippen molar-refractivity contribution in [2.45, 2.75) is 30.8 Å². The van der Waals surface area contributed by atoms with E-state index in [-0.39, 0.29) is 0 Å². The summed E-state index contributed by atoms with van der Waals surface area (Å²) in [4.78, 5) is 14.6. The first-order valence-electron chi connectivity index (χ1n) is 7.77. The van der Waals surface area contributed by atoms with Crippen molar-refractivity contribution in [3.05, 3.63) is 34.5 Å². The van der Waals surface area contributed by atoms with E-state index in [1.807, 2.05) is 12.1 Å². The van der Waals surface area contributed by atoms with Gasteiger partial charge in [0.25, 0.3) is 0 Å². The van der Waals surface area contributed by atoms with E-state index < -0.39 is 23.4 Å². The summed E-state index contributed by atoms with van der Waals surface area (Å²) in [7, 11) is 3.05. The van der Waals surface area contributed by atoms with Gasteiger partial charge in [-0.25, -0.2) is 0 Å². The minimum absolute atomic E-state index is 0.412. The molecule has 1 aliphatic rings. The highest BCUT2D eigenvalue weighted by Crippen LogP contribution is 2.42. The van der Waals surface area contributed by atoms with Crippen LogP contribution in [-0.2, 0) is 30.2 Å². The number of aromatic nitrogens is 1. The number of aromatic amines is 1. The van der Waals surface area contributed by atoms with Crippen molar-refractivity contribution in [3.63, 3.8) is 0 Å². The van der Waals surface area contributed by atoms with Gasteiger partial charge >= 0.3 is 5.97 Å². The van der Waals surface area contributed by atoms with Crippen LogP contribution in [0.15, 0.2) is 12.1 Å². The van der Waals surface area contributed by atoms with Crippen LogP contribution in [0.5, 0.6) is 0 Å². The predicted octanol–water partition coefficient (Wildman–Crippen LogP) is 4.07. The van der Waals surface area contributed by atoms with Gasteiger partial charge in [-0.3, -0.25) is 4.79 Å². The largest absolute Gasteiger partial charge is 0.430 e. The number of carbonyl (C=O) groups is 1. The van der Waals surface area contributed by atoms with Crippen LogP contribution in [0.4, 0.5) is 0 Å². The van der Waals surface area contributed by atoms with Gasteiger partial charge in [-0.05, 0) is 18.1 Å². The molecule has 3 unspecified atom stereocenters. The van der Waals surface area contributed by atoms with E-state index in [0.29, 0.717) is 18.7 Å². The molecule has 1 N–H and O–H groups in total. The van der Waals surface area contributed by atoms with E-state index in [9.17, 15) is 4.79 Å². The molecule has 2 aromatic rings. The minimum Gasteiger partial charge on any atom is -0.430 e. The van der Waals surface area contributed by atoms with Crippen molar-refractivity contribution in [1.82, 2.24) is 4.98 Å². The van der Waals surface area contributed by atoms with Crippen LogP contribution < -0.4 is 0 Å². The van der Waals surface area contributed by atoms with Gasteiger partial charge in [0, 0.05) is 43.2 Å². The van der Waals surface area contributed by atoms with E-state index in [4.69, 9.17) is 42.1 Å². The predicted molar refractivity (Wildman–Crippen MR) is 93.7 cm³/mol. The molecule has 0 radical (unpaired) electrons. The lowest BCUT2D eigenvalue weighted by molar-refractivity contribution is -0.181. The van der Waals surface area contributed by atoms with Crippen molar-refractivity contribution >= 4 is 40.1 Å². The summed E-state index contributed by atoms with van der Waals surface area (Å²) in [6.45, 7) is 1.77. The fraction of sp³-hybridized carbons (Fsp3) is 0.471. The summed E-state index contributed by atoms with van der Waals surface area (Å²) in [5, 5.41) is 0.900. The number of alkyl halides is 2. The van der Waals surface area contributed by atoms with Crippen LogP contribution in [-0.4, -0.2) is 31.8 Å². The van der Waals surface area contributed by atoms with Crippen LogP contribution in [0, 0.1) is 0 Å². The molecule has 25 heavy (non-hydrogen) atoms. The highest BCUT2D eigenvalue weighted by Gasteiger charge is 2.31. The lowest BCUT2D eigenvalue weighted by atomic mass is 9.97. The Morgan fingerprint density at radius 1 is 1.28 bits per heavy atom. The zero-order valence-electron chi connectivity index (χ0n) is 14.1.